The quantitative estimate of drug-likeness (QED) is 0.739. The third-order valence-electron chi connectivity index (χ3n) is 6.88. The van der Waals surface area contributed by atoms with Gasteiger partial charge in [-0.15, -0.1) is 0 Å². The average Bonchev–Trinajstić information content (AvgIpc) is 3.24. The van der Waals surface area contributed by atoms with E-state index in [0.717, 1.165) is 30.1 Å². The Morgan fingerprint density at radius 1 is 1.06 bits per heavy atom. The van der Waals surface area contributed by atoms with Crippen LogP contribution in [0.15, 0.2) is 60.7 Å². The molecule has 3 amide bonds. The number of ether oxygens (including phenoxy) is 1. The molecule has 8 heteroatoms. The molecule has 5 rings (SSSR count). The number of hydrogen-bond acceptors (Lipinski definition) is 6. The van der Waals surface area contributed by atoms with E-state index in [1.807, 2.05) is 66.7 Å². The molecule has 8 nitrogen and oxygen atoms in total. The number of nitrogens with zero attached hydrogens (tertiary/aromatic N) is 4. The lowest BCUT2D eigenvalue weighted by atomic mass is 10.0. The van der Waals surface area contributed by atoms with Gasteiger partial charge in [-0.05, 0) is 23.6 Å². The van der Waals surface area contributed by atoms with Crippen LogP contribution in [0.2, 0.25) is 0 Å². The first-order chi connectivity index (χ1) is 16.5. The number of likely N-dealkylation sites (N-methyl/N-ethyl adjacent to an activating group) is 1. The lowest BCUT2D eigenvalue weighted by Crippen LogP contribution is -2.66. The van der Waals surface area contributed by atoms with E-state index in [4.69, 9.17) is 4.74 Å². The summed E-state index contributed by atoms with van der Waals surface area (Å²) in [4.78, 5) is 34.3. The summed E-state index contributed by atoms with van der Waals surface area (Å²) in [6.45, 7) is 4.02. The molecule has 0 radical (unpaired) electrons. The molecule has 0 aliphatic carbocycles. The molecule has 1 N–H and O–H groups in total. The average molecular weight is 462 g/mol. The van der Waals surface area contributed by atoms with Crippen molar-refractivity contribution in [1.82, 2.24) is 20.0 Å². The van der Waals surface area contributed by atoms with E-state index >= 15 is 0 Å². The Morgan fingerprint density at radius 2 is 1.79 bits per heavy atom. The van der Waals surface area contributed by atoms with Gasteiger partial charge in [-0.1, -0.05) is 61.5 Å². The third kappa shape index (κ3) is 3.82. The molecular weight excluding hydrogens is 430 g/mol. The number of hydrogen-bond donors (Lipinski definition) is 1. The van der Waals surface area contributed by atoms with Crippen molar-refractivity contribution in [2.24, 2.45) is 5.92 Å². The highest BCUT2D eigenvalue weighted by Crippen LogP contribution is 2.37. The Bertz CT molecular complexity index is 1090. The number of imide groups is 1. The van der Waals surface area contributed by atoms with Gasteiger partial charge < -0.3 is 14.5 Å². The molecule has 34 heavy (non-hydrogen) atoms. The number of nitrogens with one attached hydrogen (secondary N) is 1. The SMILES string of the molecule is COc1ccccc1N1CC(C)CN2C3C(=O)N(C/C=C/c4ccccc4)C(=O)N(C)C3NC12. The standard InChI is InChI=1S/C26H31N5O3/c1-18-16-30(20-13-7-8-14-21(20)34-3)25-27-23-22(31(25)17-18)24(32)29(26(33)28(23)2)15-9-12-19-10-5-4-6-11-19/h4-14,18,22-23,25,27H,15-17H2,1-3H3/b12-9+. The Balaban J connectivity index is 1.41. The van der Waals surface area contributed by atoms with Crippen LogP contribution in [0, 0.1) is 5.92 Å². The van der Waals surface area contributed by atoms with Crippen molar-refractivity contribution in [2.75, 3.05) is 38.7 Å². The molecule has 3 aliphatic rings. The van der Waals surface area contributed by atoms with Gasteiger partial charge in [-0.25, -0.2) is 4.79 Å². The zero-order chi connectivity index (χ0) is 23.8. The number of para-hydroxylation sites is 2. The number of anilines is 1. The number of rotatable bonds is 5. The fraction of sp³-hybridized carbons (Fsp3) is 0.385. The number of benzene rings is 2. The number of urea groups is 1. The fourth-order valence-corrected chi connectivity index (χ4v) is 5.30. The number of amides is 3. The van der Waals surface area contributed by atoms with E-state index < -0.39 is 6.04 Å². The summed E-state index contributed by atoms with van der Waals surface area (Å²) in [6, 6.07) is 17.1. The topological polar surface area (TPSA) is 68.4 Å². The van der Waals surface area contributed by atoms with Crippen LogP contribution in [-0.4, -0.2) is 78.9 Å². The summed E-state index contributed by atoms with van der Waals surface area (Å²) in [5.74, 6) is 0.968. The van der Waals surface area contributed by atoms with Crippen molar-refractivity contribution >= 4 is 23.7 Å². The normalized spacial score (nSPS) is 27.3. The molecular formula is C26H31N5O3. The highest BCUT2D eigenvalue weighted by molar-refractivity contribution is 6.01. The predicted octanol–water partition coefficient (Wildman–Crippen LogP) is 2.64. The molecule has 3 heterocycles. The van der Waals surface area contributed by atoms with Gasteiger partial charge >= 0.3 is 6.03 Å². The molecule has 3 saturated heterocycles. The maximum Gasteiger partial charge on any atom is 0.328 e. The van der Waals surface area contributed by atoms with Gasteiger partial charge in [0.2, 0.25) is 0 Å². The number of carbonyl (C=O) groups is 2. The zero-order valence-corrected chi connectivity index (χ0v) is 19.8. The summed E-state index contributed by atoms with van der Waals surface area (Å²) in [5.41, 5.74) is 2.01. The minimum atomic E-state index is -0.446. The molecule has 3 aliphatic heterocycles. The van der Waals surface area contributed by atoms with Crippen molar-refractivity contribution < 1.29 is 14.3 Å². The largest absolute Gasteiger partial charge is 0.495 e. The first-order valence-electron chi connectivity index (χ1n) is 11.7. The Kier molecular flexibility index (Phi) is 6.02. The van der Waals surface area contributed by atoms with Crippen molar-refractivity contribution in [3.63, 3.8) is 0 Å². The van der Waals surface area contributed by atoms with Gasteiger partial charge in [0, 0.05) is 26.7 Å². The summed E-state index contributed by atoms with van der Waals surface area (Å²) >= 11 is 0. The van der Waals surface area contributed by atoms with Gasteiger partial charge in [0.05, 0.1) is 12.8 Å². The van der Waals surface area contributed by atoms with Gasteiger partial charge in [-0.3, -0.25) is 19.9 Å². The molecule has 4 unspecified atom stereocenters. The van der Waals surface area contributed by atoms with E-state index in [2.05, 4.69) is 22.0 Å². The predicted molar refractivity (Wildman–Crippen MR) is 131 cm³/mol. The van der Waals surface area contributed by atoms with Crippen molar-refractivity contribution in [1.29, 1.82) is 0 Å². The Morgan fingerprint density at radius 3 is 2.56 bits per heavy atom. The molecule has 3 fully saturated rings. The Labute approximate surface area is 200 Å². The Hall–Kier alpha value is -3.36. The van der Waals surface area contributed by atoms with Gasteiger partial charge in [0.1, 0.15) is 24.2 Å². The minimum Gasteiger partial charge on any atom is -0.495 e. The van der Waals surface area contributed by atoms with Crippen LogP contribution in [0.5, 0.6) is 5.75 Å². The molecule has 0 bridgehead atoms. The molecule has 0 spiro atoms. The second kappa shape index (κ2) is 9.12. The highest BCUT2D eigenvalue weighted by atomic mass is 16.5. The monoisotopic (exact) mass is 461 g/mol. The van der Waals surface area contributed by atoms with Crippen LogP contribution in [0.3, 0.4) is 0 Å². The van der Waals surface area contributed by atoms with E-state index in [1.165, 1.54) is 4.90 Å². The molecule has 0 saturated carbocycles. The summed E-state index contributed by atoms with van der Waals surface area (Å²) < 4.78 is 5.62. The van der Waals surface area contributed by atoms with Gasteiger partial charge in [-0.2, -0.15) is 0 Å². The van der Waals surface area contributed by atoms with Crippen LogP contribution >= 0.6 is 0 Å². The van der Waals surface area contributed by atoms with Crippen LogP contribution < -0.4 is 15.0 Å². The van der Waals surface area contributed by atoms with E-state index in [9.17, 15) is 9.59 Å². The smallest absolute Gasteiger partial charge is 0.328 e. The van der Waals surface area contributed by atoms with E-state index in [0.29, 0.717) is 5.92 Å². The number of methoxy groups -OCH3 is 1. The zero-order valence-electron chi connectivity index (χ0n) is 19.8. The second-order valence-corrected chi connectivity index (χ2v) is 9.21. The van der Waals surface area contributed by atoms with Crippen LogP contribution in [-0.2, 0) is 4.79 Å². The molecule has 178 valence electrons. The van der Waals surface area contributed by atoms with E-state index in [1.54, 1.807) is 19.1 Å². The first kappa shape index (κ1) is 22.4. The summed E-state index contributed by atoms with van der Waals surface area (Å²) in [5, 5.41) is 3.56. The van der Waals surface area contributed by atoms with E-state index in [-0.39, 0.29) is 30.9 Å². The number of carbonyl (C=O) groups excluding carboxylic acids is 2. The number of fused-ring (bicyclic) bond motifs is 3. The maximum atomic E-state index is 13.7. The third-order valence-corrected chi connectivity index (χ3v) is 6.88. The van der Waals surface area contributed by atoms with Crippen LogP contribution in [0.4, 0.5) is 10.5 Å². The maximum absolute atomic E-state index is 13.7. The molecule has 2 aromatic rings. The summed E-state index contributed by atoms with van der Waals surface area (Å²) in [7, 11) is 3.44. The lowest BCUT2D eigenvalue weighted by molar-refractivity contribution is -0.138. The van der Waals surface area contributed by atoms with Crippen molar-refractivity contribution in [2.45, 2.75) is 25.4 Å². The van der Waals surface area contributed by atoms with Gasteiger partial charge in [0.25, 0.3) is 5.91 Å². The van der Waals surface area contributed by atoms with Crippen molar-refractivity contribution in [3.8, 4) is 5.75 Å². The van der Waals surface area contributed by atoms with Crippen LogP contribution in [0.1, 0.15) is 12.5 Å². The van der Waals surface area contributed by atoms with Crippen LogP contribution in [0.25, 0.3) is 6.08 Å². The highest BCUT2D eigenvalue weighted by Gasteiger charge is 2.56. The minimum absolute atomic E-state index is 0.158. The second-order valence-electron chi connectivity index (χ2n) is 9.21. The molecule has 0 aromatic heterocycles. The lowest BCUT2D eigenvalue weighted by Gasteiger charge is -2.46. The van der Waals surface area contributed by atoms with Gasteiger partial charge in [0.15, 0.2) is 0 Å². The fourth-order valence-electron chi connectivity index (χ4n) is 5.30. The molecule has 4 atom stereocenters. The summed E-state index contributed by atoms with van der Waals surface area (Å²) in [6.07, 6.45) is 3.22. The van der Waals surface area contributed by atoms with Crippen molar-refractivity contribution in [3.05, 3.63) is 66.2 Å². The first-order valence-corrected chi connectivity index (χ1v) is 11.7. The molecule has 2 aromatic carbocycles.